The van der Waals surface area contributed by atoms with Crippen LogP contribution in [0.4, 0.5) is 11.9 Å². The molecule has 4 aromatic rings. The summed E-state index contributed by atoms with van der Waals surface area (Å²) in [6.45, 7) is 2.07. The van der Waals surface area contributed by atoms with Crippen LogP contribution in [-0.4, -0.2) is 38.6 Å². The fourth-order valence-electron chi connectivity index (χ4n) is 3.27. The summed E-state index contributed by atoms with van der Waals surface area (Å²) >= 11 is 1.40. The monoisotopic (exact) mass is 433 g/mol. The second-order valence-electron chi connectivity index (χ2n) is 7.13. The number of fused-ring (bicyclic) bond motifs is 1. The van der Waals surface area contributed by atoms with E-state index in [9.17, 15) is 4.79 Å². The van der Waals surface area contributed by atoms with Gasteiger partial charge in [0.15, 0.2) is 5.16 Å². The van der Waals surface area contributed by atoms with E-state index in [2.05, 4.69) is 21.9 Å². The van der Waals surface area contributed by atoms with Gasteiger partial charge in [0.25, 0.3) is 5.56 Å². The van der Waals surface area contributed by atoms with E-state index < -0.39 is 0 Å². The van der Waals surface area contributed by atoms with Gasteiger partial charge in [-0.15, -0.1) is 0 Å². The van der Waals surface area contributed by atoms with E-state index in [1.807, 2.05) is 56.6 Å². The Morgan fingerprint density at radius 1 is 1.00 bits per heavy atom. The lowest BCUT2D eigenvalue weighted by atomic mass is 10.1. The average molecular weight is 434 g/mol. The molecular formula is C22H23N7OS. The molecule has 2 aromatic heterocycles. The first-order chi connectivity index (χ1) is 15.0. The summed E-state index contributed by atoms with van der Waals surface area (Å²) in [4.78, 5) is 32.9. The van der Waals surface area contributed by atoms with Crippen LogP contribution in [0.1, 0.15) is 18.3 Å². The second-order valence-corrected chi connectivity index (χ2v) is 8.07. The van der Waals surface area contributed by atoms with Gasteiger partial charge in [-0.05, 0) is 30.2 Å². The molecule has 31 heavy (non-hydrogen) atoms. The zero-order chi connectivity index (χ0) is 22.0. The number of benzene rings is 2. The molecule has 0 bridgehead atoms. The topological polar surface area (TPSA) is 103 Å². The van der Waals surface area contributed by atoms with E-state index in [1.165, 1.54) is 11.8 Å². The van der Waals surface area contributed by atoms with Crippen molar-refractivity contribution in [2.75, 3.05) is 24.7 Å². The van der Waals surface area contributed by atoms with Gasteiger partial charge < -0.3 is 10.6 Å². The number of hydrogen-bond donors (Lipinski definition) is 1. The number of thioether (sulfide) groups is 1. The minimum atomic E-state index is -0.0989. The number of rotatable bonds is 6. The lowest BCUT2D eigenvalue weighted by Crippen LogP contribution is -2.23. The van der Waals surface area contributed by atoms with Crippen molar-refractivity contribution < 1.29 is 0 Å². The first-order valence-corrected chi connectivity index (χ1v) is 10.9. The maximum absolute atomic E-state index is 13.5. The third kappa shape index (κ3) is 4.22. The second kappa shape index (κ2) is 8.73. The van der Waals surface area contributed by atoms with E-state index >= 15 is 0 Å². The standard InChI is InChI=1S/C22H23N7OS/c1-4-14-9-5-8-12-17(14)29-19(30)15-10-6-7-11-16(15)24-22(29)31-13-18-25-20(23)27-21(26-18)28(2)3/h5-12H,4,13H2,1-3H3,(H2,23,25,26,27). The van der Waals surface area contributed by atoms with E-state index in [4.69, 9.17) is 10.7 Å². The highest BCUT2D eigenvalue weighted by Crippen LogP contribution is 2.26. The third-order valence-corrected chi connectivity index (χ3v) is 5.71. The van der Waals surface area contributed by atoms with Crippen LogP contribution in [0, 0.1) is 0 Å². The van der Waals surface area contributed by atoms with E-state index in [1.54, 1.807) is 15.5 Å². The highest BCUT2D eigenvalue weighted by atomic mass is 32.2. The molecule has 0 amide bonds. The van der Waals surface area contributed by atoms with Crippen LogP contribution in [-0.2, 0) is 12.2 Å². The highest BCUT2D eigenvalue weighted by Gasteiger charge is 2.16. The van der Waals surface area contributed by atoms with Crippen LogP contribution in [0.25, 0.3) is 16.6 Å². The first kappa shape index (κ1) is 20.8. The molecule has 9 heteroatoms. The lowest BCUT2D eigenvalue weighted by molar-refractivity contribution is 0.807. The van der Waals surface area contributed by atoms with Crippen molar-refractivity contribution in [3.63, 3.8) is 0 Å². The number of aromatic nitrogens is 5. The third-order valence-electron chi connectivity index (χ3n) is 4.78. The molecule has 158 valence electrons. The zero-order valence-electron chi connectivity index (χ0n) is 17.6. The van der Waals surface area contributed by atoms with Crippen molar-refractivity contribution in [1.29, 1.82) is 0 Å². The fourth-order valence-corrected chi connectivity index (χ4v) is 4.13. The number of aryl methyl sites for hydroxylation is 1. The van der Waals surface area contributed by atoms with Crippen LogP contribution in [0.5, 0.6) is 0 Å². The molecule has 0 aliphatic carbocycles. The molecule has 0 aliphatic heterocycles. The van der Waals surface area contributed by atoms with E-state index in [-0.39, 0.29) is 11.5 Å². The summed E-state index contributed by atoms with van der Waals surface area (Å²) in [5.74, 6) is 1.57. The molecular weight excluding hydrogens is 410 g/mol. The number of para-hydroxylation sites is 2. The number of nitrogens with two attached hydrogens (primary N) is 1. The Kier molecular flexibility index (Phi) is 5.85. The van der Waals surface area contributed by atoms with Crippen LogP contribution < -0.4 is 16.2 Å². The summed E-state index contributed by atoms with van der Waals surface area (Å²) in [7, 11) is 3.69. The molecule has 0 aliphatic rings. The minimum absolute atomic E-state index is 0.0989. The quantitative estimate of drug-likeness (QED) is 0.366. The summed E-state index contributed by atoms with van der Waals surface area (Å²) in [5.41, 5.74) is 8.32. The van der Waals surface area contributed by atoms with Gasteiger partial charge in [-0.1, -0.05) is 49.0 Å². The van der Waals surface area contributed by atoms with Crippen LogP contribution >= 0.6 is 11.8 Å². The number of anilines is 2. The van der Waals surface area contributed by atoms with Crippen LogP contribution in [0.2, 0.25) is 0 Å². The smallest absolute Gasteiger partial charge is 0.266 e. The van der Waals surface area contributed by atoms with E-state index in [0.29, 0.717) is 33.6 Å². The predicted octanol–water partition coefficient (Wildman–Crippen LogP) is 3.07. The molecule has 0 fully saturated rings. The van der Waals surface area contributed by atoms with Gasteiger partial charge in [0.05, 0.1) is 22.3 Å². The Morgan fingerprint density at radius 2 is 1.74 bits per heavy atom. The SMILES string of the molecule is CCc1ccccc1-n1c(SCc2nc(N)nc(N(C)C)n2)nc2ccccc2c1=O. The number of hydrogen-bond acceptors (Lipinski definition) is 8. The van der Waals surface area contributed by atoms with Crippen molar-refractivity contribution in [2.45, 2.75) is 24.3 Å². The zero-order valence-corrected chi connectivity index (χ0v) is 18.4. The minimum Gasteiger partial charge on any atom is -0.368 e. The normalized spacial score (nSPS) is 11.1. The van der Waals surface area contributed by atoms with Crippen molar-refractivity contribution in [1.82, 2.24) is 24.5 Å². The van der Waals surface area contributed by atoms with Crippen molar-refractivity contribution in [3.05, 3.63) is 70.3 Å². The summed E-state index contributed by atoms with van der Waals surface area (Å²) in [6.07, 6.45) is 0.801. The molecule has 0 spiro atoms. The maximum Gasteiger partial charge on any atom is 0.266 e. The van der Waals surface area contributed by atoms with Gasteiger partial charge in [-0.2, -0.15) is 15.0 Å². The van der Waals surface area contributed by atoms with Crippen LogP contribution in [0.15, 0.2) is 58.5 Å². The van der Waals surface area contributed by atoms with Gasteiger partial charge in [-0.3, -0.25) is 9.36 Å². The molecule has 0 saturated heterocycles. The summed E-state index contributed by atoms with van der Waals surface area (Å²) in [5, 5.41) is 1.16. The number of nitrogen functional groups attached to an aromatic ring is 1. The molecule has 0 atom stereocenters. The Morgan fingerprint density at radius 3 is 2.52 bits per heavy atom. The molecule has 0 saturated carbocycles. The Balaban J connectivity index is 1.83. The maximum atomic E-state index is 13.5. The van der Waals surface area contributed by atoms with Crippen molar-refractivity contribution in [3.8, 4) is 5.69 Å². The van der Waals surface area contributed by atoms with Crippen molar-refractivity contribution >= 4 is 34.6 Å². The van der Waals surface area contributed by atoms with Crippen molar-refractivity contribution in [2.24, 2.45) is 0 Å². The molecule has 0 unspecified atom stereocenters. The molecule has 2 aromatic carbocycles. The molecule has 2 N–H and O–H groups in total. The summed E-state index contributed by atoms with van der Waals surface area (Å²) < 4.78 is 1.68. The molecule has 8 nitrogen and oxygen atoms in total. The average Bonchev–Trinajstić information content (AvgIpc) is 2.77. The Bertz CT molecular complexity index is 1300. The van der Waals surface area contributed by atoms with Gasteiger partial charge in [0.1, 0.15) is 5.82 Å². The fraction of sp³-hybridized carbons (Fsp3) is 0.227. The van der Waals surface area contributed by atoms with Gasteiger partial charge in [0, 0.05) is 14.1 Å². The Labute approximate surface area is 184 Å². The van der Waals surface area contributed by atoms with E-state index in [0.717, 1.165) is 17.7 Å². The molecule has 4 rings (SSSR count). The van der Waals surface area contributed by atoms with Crippen LogP contribution in [0.3, 0.4) is 0 Å². The van der Waals surface area contributed by atoms with Gasteiger partial charge in [0.2, 0.25) is 11.9 Å². The van der Waals surface area contributed by atoms with Gasteiger partial charge >= 0.3 is 0 Å². The summed E-state index contributed by atoms with van der Waals surface area (Å²) in [6, 6.07) is 15.3. The largest absolute Gasteiger partial charge is 0.368 e. The molecule has 0 radical (unpaired) electrons. The lowest BCUT2D eigenvalue weighted by Gasteiger charge is -2.16. The Hall–Kier alpha value is -3.46. The molecule has 2 heterocycles. The highest BCUT2D eigenvalue weighted by molar-refractivity contribution is 7.98. The predicted molar refractivity (Wildman–Crippen MR) is 125 cm³/mol. The number of nitrogens with zero attached hydrogens (tertiary/aromatic N) is 6. The van der Waals surface area contributed by atoms with Gasteiger partial charge in [-0.25, -0.2) is 4.98 Å². The first-order valence-electron chi connectivity index (χ1n) is 9.88.